The second-order valence-electron chi connectivity index (χ2n) is 11.8. The van der Waals surface area contributed by atoms with Gasteiger partial charge in [0.05, 0.1) is 13.0 Å². The third-order valence-electron chi connectivity index (χ3n) is 6.73. The van der Waals surface area contributed by atoms with E-state index in [1.165, 1.54) is 0 Å². The Labute approximate surface area is 233 Å². The maximum Gasteiger partial charge on any atom is 0.408 e. The van der Waals surface area contributed by atoms with Crippen LogP contribution >= 0.6 is 0 Å². The molecule has 2 rings (SSSR count). The van der Waals surface area contributed by atoms with E-state index in [1.54, 1.807) is 32.6 Å². The molecule has 0 aromatic heterocycles. The average Bonchev–Trinajstić information content (AvgIpc) is 2.77. The van der Waals surface area contributed by atoms with Crippen molar-refractivity contribution in [1.29, 1.82) is 0 Å². The lowest BCUT2D eigenvalue weighted by Gasteiger charge is -2.44. The molecule has 1 aromatic rings. The van der Waals surface area contributed by atoms with Crippen LogP contribution in [0.15, 0.2) is 18.2 Å². The van der Waals surface area contributed by atoms with Gasteiger partial charge < -0.3 is 25.0 Å². The quantitative estimate of drug-likeness (QED) is 0.367. The van der Waals surface area contributed by atoms with Crippen LogP contribution in [0.25, 0.3) is 0 Å². The Balaban J connectivity index is 2.45. The van der Waals surface area contributed by atoms with Gasteiger partial charge in [-0.05, 0) is 89.8 Å². The van der Waals surface area contributed by atoms with Gasteiger partial charge in [-0.1, -0.05) is 32.0 Å². The van der Waals surface area contributed by atoms with Gasteiger partial charge in [-0.3, -0.25) is 14.4 Å². The van der Waals surface area contributed by atoms with Crippen LogP contribution in [0.1, 0.15) is 96.4 Å². The molecule has 2 unspecified atom stereocenters. The summed E-state index contributed by atoms with van der Waals surface area (Å²) < 4.78 is 10.4. The van der Waals surface area contributed by atoms with Crippen LogP contribution in [0.3, 0.4) is 0 Å². The third-order valence-corrected chi connectivity index (χ3v) is 6.73. The summed E-state index contributed by atoms with van der Waals surface area (Å²) in [5.41, 5.74) is 2.05. The first-order chi connectivity index (χ1) is 18.2. The summed E-state index contributed by atoms with van der Waals surface area (Å²) >= 11 is 0. The van der Waals surface area contributed by atoms with Crippen LogP contribution in [0.5, 0.6) is 0 Å². The molecular weight excluding hydrogens is 498 g/mol. The molecule has 0 heterocycles. The second-order valence-corrected chi connectivity index (χ2v) is 11.8. The summed E-state index contributed by atoms with van der Waals surface area (Å²) in [5.74, 6) is -0.979. The normalized spacial score (nSPS) is 15.1. The van der Waals surface area contributed by atoms with Gasteiger partial charge in [-0.25, -0.2) is 4.79 Å². The van der Waals surface area contributed by atoms with E-state index >= 15 is 0 Å². The number of ether oxygens (including phenoxy) is 2. The van der Waals surface area contributed by atoms with Crippen LogP contribution in [0, 0.1) is 19.8 Å². The first-order valence-corrected chi connectivity index (χ1v) is 14.1. The van der Waals surface area contributed by atoms with E-state index in [0.29, 0.717) is 12.0 Å². The first-order valence-electron chi connectivity index (χ1n) is 14.1. The molecule has 1 aliphatic rings. The number of aryl methyl sites for hydroxylation is 2. The molecule has 0 radical (unpaired) electrons. The number of amides is 3. The van der Waals surface area contributed by atoms with Crippen molar-refractivity contribution in [2.75, 3.05) is 13.2 Å². The molecular formula is C30H47N3O6. The fraction of sp³-hybridized carbons (Fsp3) is 0.667. The van der Waals surface area contributed by atoms with Crippen molar-refractivity contribution in [2.24, 2.45) is 5.92 Å². The van der Waals surface area contributed by atoms with E-state index in [9.17, 15) is 19.2 Å². The highest BCUT2D eigenvalue weighted by Crippen LogP contribution is 2.34. The number of nitrogens with one attached hydrogen (secondary N) is 2. The standard InChI is InChI=1S/C30H47N3O6/c1-9-38-25(34)15-16-31-27(35)26(22-14-13-20(4)21(5)18-22)33(23-11-10-12-23)28(36)24(17-19(2)3)32-29(37)39-30(6,7)8/h13-14,18-19,23-24,26H,9-12,15-17H2,1-8H3,(H,31,35)(H,32,37). The van der Waals surface area contributed by atoms with E-state index in [0.717, 1.165) is 30.4 Å². The molecule has 1 fully saturated rings. The largest absolute Gasteiger partial charge is 0.466 e. The zero-order chi connectivity index (χ0) is 29.3. The molecule has 1 aromatic carbocycles. The minimum atomic E-state index is -0.917. The van der Waals surface area contributed by atoms with Crippen LogP contribution < -0.4 is 10.6 Å². The van der Waals surface area contributed by atoms with Crippen molar-refractivity contribution >= 4 is 23.9 Å². The van der Waals surface area contributed by atoms with Gasteiger partial charge in [-0.2, -0.15) is 0 Å². The number of rotatable bonds is 12. The molecule has 3 amide bonds. The average molecular weight is 546 g/mol. The van der Waals surface area contributed by atoms with Crippen LogP contribution in [-0.4, -0.2) is 59.6 Å². The summed E-state index contributed by atoms with van der Waals surface area (Å²) in [5, 5.41) is 5.63. The van der Waals surface area contributed by atoms with Crippen molar-refractivity contribution in [3.8, 4) is 0 Å². The third kappa shape index (κ3) is 9.86. The summed E-state index contributed by atoms with van der Waals surface area (Å²) in [6, 6.07) is 3.83. The smallest absolute Gasteiger partial charge is 0.408 e. The van der Waals surface area contributed by atoms with E-state index in [4.69, 9.17) is 9.47 Å². The predicted molar refractivity (Wildman–Crippen MR) is 150 cm³/mol. The molecule has 9 nitrogen and oxygen atoms in total. The molecule has 0 spiro atoms. The monoisotopic (exact) mass is 545 g/mol. The Hall–Kier alpha value is -3.10. The summed E-state index contributed by atoms with van der Waals surface area (Å²) in [4.78, 5) is 54.2. The number of hydrogen-bond acceptors (Lipinski definition) is 6. The molecule has 2 atom stereocenters. The molecule has 0 aliphatic heterocycles. The Morgan fingerprint density at radius 2 is 1.74 bits per heavy atom. The molecule has 0 bridgehead atoms. The number of esters is 1. The molecule has 9 heteroatoms. The predicted octanol–water partition coefficient (Wildman–Crippen LogP) is 4.73. The van der Waals surface area contributed by atoms with Gasteiger partial charge >= 0.3 is 12.1 Å². The molecule has 1 aliphatic carbocycles. The maximum atomic E-state index is 14.3. The first kappa shape index (κ1) is 32.1. The minimum absolute atomic E-state index is 0.0345. The lowest BCUT2D eigenvalue weighted by atomic mass is 9.87. The van der Waals surface area contributed by atoms with Gasteiger partial charge in [0.15, 0.2) is 0 Å². The highest BCUT2D eigenvalue weighted by molar-refractivity contribution is 5.92. The van der Waals surface area contributed by atoms with E-state index in [-0.39, 0.29) is 43.3 Å². The zero-order valence-electron chi connectivity index (χ0n) is 24.9. The lowest BCUT2D eigenvalue weighted by molar-refractivity contribution is -0.148. The lowest BCUT2D eigenvalue weighted by Crippen LogP contribution is -2.57. The van der Waals surface area contributed by atoms with Gasteiger partial charge in [0, 0.05) is 12.6 Å². The topological polar surface area (TPSA) is 114 Å². The van der Waals surface area contributed by atoms with Crippen molar-refractivity contribution in [3.05, 3.63) is 34.9 Å². The van der Waals surface area contributed by atoms with Crippen molar-refractivity contribution in [3.63, 3.8) is 0 Å². The number of carbonyl (C=O) groups is 4. The van der Waals surface area contributed by atoms with Gasteiger partial charge in [-0.15, -0.1) is 0 Å². The number of benzene rings is 1. The molecule has 0 saturated heterocycles. The molecule has 2 N–H and O–H groups in total. The van der Waals surface area contributed by atoms with E-state index in [1.807, 2.05) is 45.9 Å². The van der Waals surface area contributed by atoms with Gasteiger partial charge in [0.2, 0.25) is 11.8 Å². The van der Waals surface area contributed by atoms with E-state index in [2.05, 4.69) is 10.6 Å². The summed E-state index contributed by atoms with van der Waals surface area (Å²) in [7, 11) is 0. The fourth-order valence-corrected chi connectivity index (χ4v) is 4.50. The Kier molecular flexibility index (Phi) is 11.8. The maximum absolute atomic E-state index is 14.3. The number of carbonyl (C=O) groups excluding carboxylic acids is 4. The molecule has 39 heavy (non-hydrogen) atoms. The fourth-order valence-electron chi connectivity index (χ4n) is 4.50. The van der Waals surface area contributed by atoms with Gasteiger partial charge in [0.25, 0.3) is 0 Å². The Morgan fingerprint density at radius 1 is 1.08 bits per heavy atom. The highest BCUT2D eigenvalue weighted by Gasteiger charge is 2.42. The highest BCUT2D eigenvalue weighted by atomic mass is 16.6. The SMILES string of the molecule is CCOC(=O)CCNC(=O)C(c1ccc(C)c(C)c1)N(C(=O)C(CC(C)C)NC(=O)OC(C)(C)C)C1CCC1. The molecule has 218 valence electrons. The minimum Gasteiger partial charge on any atom is -0.466 e. The van der Waals surface area contributed by atoms with E-state index < -0.39 is 29.7 Å². The number of nitrogens with zero attached hydrogens (tertiary/aromatic N) is 1. The summed E-state index contributed by atoms with van der Waals surface area (Å²) in [6.45, 7) is 15.3. The van der Waals surface area contributed by atoms with Crippen molar-refractivity contribution in [1.82, 2.24) is 15.5 Å². The zero-order valence-corrected chi connectivity index (χ0v) is 24.9. The Bertz CT molecular complexity index is 1010. The van der Waals surface area contributed by atoms with Crippen molar-refractivity contribution in [2.45, 2.75) is 111 Å². The number of hydrogen-bond donors (Lipinski definition) is 2. The van der Waals surface area contributed by atoms with Crippen LogP contribution in [-0.2, 0) is 23.9 Å². The number of alkyl carbamates (subject to hydrolysis) is 1. The van der Waals surface area contributed by atoms with Crippen LogP contribution in [0.2, 0.25) is 0 Å². The van der Waals surface area contributed by atoms with Crippen molar-refractivity contribution < 1.29 is 28.7 Å². The van der Waals surface area contributed by atoms with Crippen LogP contribution in [0.4, 0.5) is 4.79 Å². The summed E-state index contributed by atoms with van der Waals surface area (Å²) in [6.07, 6.45) is 2.25. The molecule has 1 saturated carbocycles. The van der Waals surface area contributed by atoms with Gasteiger partial charge in [0.1, 0.15) is 17.7 Å². The Morgan fingerprint density at radius 3 is 2.26 bits per heavy atom. The second kappa shape index (κ2) is 14.3.